The largest absolute Gasteiger partial charge is 0.481 e. The van der Waals surface area contributed by atoms with Gasteiger partial charge in [0.1, 0.15) is 18.1 Å². The average molecular weight is 494 g/mol. The number of carbonyl (C=O) groups excluding carboxylic acids is 3. The van der Waals surface area contributed by atoms with Gasteiger partial charge in [-0.2, -0.15) is 12.6 Å². The van der Waals surface area contributed by atoms with Crippen molar-refractivity contribution < 1.29 is 44.1 Å². The third-order valence-corrected chi connectivity index (χ3v) is 4.76. The van der Waals surface area contributed by atoms with Crippen LogP contribution in [-0.2, 0) is 28.8 Å². The van der Waals surface area contributed by atoms with Gasteiger partial charge in [0, 0.05) is 12.2 Å². The molecule has 188 valence electrons. The smallest absolute Gasteiger partial charge is 0.326 e. The number of carboxylic acids is 3. The Bertz CT molecular complexity index is 721. The van der Waals surface area contributed by atoms with E-state index in [0.717, 1.165) is 0 Å². The molecule has 0 heterocycles. The predicted molar refractivity (Wildman–Crippen MR) is 117 cm³/mol. The van der Waals surface area contributed by atoms with E-state index in [1.165, 1.54) is 0 Å². The lowest BCUT2D eigenvalue weighted by atomic mass is 10.1. The number of carbonyl (C=O) groups is 6. The minimum Gasteiger partial charge on any atom is -0.481 e. The van der Waals surface area contributed by atoms with Crippen LogP contribution < -0.4 is 27.4 Å². The maximum Gasteiger partial charge on any atom is 0.326 e. The molecule has 0 aliphatic rings. The Labute approximate surface area is 195 Å². The first-order valence-electron chi connectivity index (χ1n) is 10.1. The Morgan fingerprint density at radius 3 is 1.79 bits per heavy atom. The first-order valence-corrected chi connectivity index (χ1v) is 10.7. The number of thiol groups is 1. The fourth-order valence-corrected chi connectivity index (χ4v) is 2.83. The Morgan fingerprint density at radius 1 is 0.758 bits per heavy atom. The summed E-state index contributed by atoms with van der Waals surface area (Å²) < 4.78 is 0. The number of nitrogens with one attached hydrogen (secondary N) is 3. The van der Waals surface area contributed by atoms with Gasteiger partial charge < -0.3 is 42.7 Å². The summed E-state index contributed by atoms with van der Waals surface area (Å²) in [6.07, 6.45) is -0.318. The van der Waals surface area contributed by atoms with Gasteiger partial charge in [-0.25, -0.2) is 4.79 Å². The maximum absolute atomic E-state index is 12.6. The number of hydrogen-bond donors (Lipinski definition) is 9. The minimum absolute atomic E-state index is 0.183. The van der Waals surface area contributed by atoms with Crippen molar-refractivity contribution in [3.8, 4) is 0 Å². The Balaban J connectivity index is 5.27. The standard InChI is InChI=1S/C18H31N5O9S/c19-6-2-1-3-9(20)15(28)23-12(8-33)17(30)21-10(4-5-13(24)25)16(29)22-11(18(31)32)7-14(26)27/h9-12,33H,1-8,19-20H2,(H,21,30)(H,22,29)(H,23,28)(H,24,25)(H,26,27)(H,31,32). The molecular formula is C18H31N5O9S. The second-order valence-electron chi connectivity index (χ2n) is 7.13. The lowest BCUT2D eigenvalue weighted by molar-refractivity contribution is -0.147. The maximum atomic E-state index is 12.6. The van der Waals surface area contributed by atoms with Crippen molar-refractivity contribution in [2.24, 2.45) is 11.5 Å². The molecule has 0 aromatic heterocycles. The number of rotatable bonds is 17. The number of aliphatic carboxylic acids is 3. The van der Waals surface area contributed by atoms with E-state index in [2.05, 4.69) is 23.3 Å². The van der Waals surface area contributed by atoms with E-state index in [1.54, 1.807) is 0 Å². The van der Waals surface area contributed by atoms with Gasteiger partial charge in [0.15, 0.2) is 0 Å². The number of hydrogen-bond acceptors (Lipinski definition) is 9. The van der Waals surface area contributed by atoms with Gasteiger partial charge in [-0.1, -0.05) is 6.42 Å². The number of unbranched alkanes of at least 4 members (excludes halogenated alkanes) is 1. The zero-order valence-electron chi connectivity index (χ0n) is 17.9. The third-order valence-electron chi connectivity index (χ3n) is 4.39. The fraction of sp³-hybridized carbons (Fsp3) is 0.667. The normalized spacial score (nSPS) is 14.3. The van der Waals surface area contributed by atoms with E-state index in [0.29, 0.717) is 25.8 Å². The molecule has 0 saturated heterocycles. The summed E-state index contributed by atoms with van der Waals surface area (Å²) in [5.74, 6) is -7.21. The number of carboxylic acid groups (broad SMARTS) is 3. The molecule has 10 N–H and O–H groups in total. The molecule has 0 saturated carbocycles. The van der Waals surface area contributed by atoms with E-state index in [9.17, 15) is 28.8 Å². The predicted octanol–water partition coefficient (Wildman–Crippen LogP) is -2.75. The molecule has 0 radical (unpaired) electrons. The van der Waals surface area contributed by atoms with Gasteiger partial charge in [-0.3, -0.25) is 24.0 Å². The van der Waals surface area contributed by atoms with Crippen LogP contribution in [0.1, 0.15) is 38.5 Å². The summed E-state index contributed by atoms with van der Waals surface area (Å²) in [4.78, 5) is 70.1. The zero-order chi connectivity index (χ0) is 25.6. The molecule has 0 spiro atoms. The monoisotopic (exact) mass is 493 g/mol. The second kappa shape index (κ2) is 15.8. The highest BCUT2D eigenvalue weighted by molar-refractivity contribution is 7.80. The summed E-state index contributed by atoms with van der Waals surface area (Å²) in [5.41, 5.74) is 11.2. The van der Waals surface area contributed by atoms with E-state index in [4.69, 9.17) is 26.8 Å². The summed E-state index contributed by atoms with van der Waals surface area (Å²) in [6, 6.07) is -5.45. The average Bonchev–Trinajstić information content (AvgIpc) is 2.73. The first-order chi connectivity index (χ1) is 15.4. The van der Waals surface area contributed by atoms with Gasteiger partial charge in [-0.05, 0) is 25.8 Å². The molecule has 0 rings (SSSR count). The minimum atomic E-state index is -1.80. The van der Waals surface area contributed by atoms with Gasteiger partial charge in [0.05, 0.1) is 12.5 Å². The van der Waals surface area contributed by atoms with E-state index in [1.807, 2.05) is 5.32 Å². The van der Waals surface area contributed by atoms with Crippen molar-refractivity contribution in [2.45, 2.75) is 62.7 Å². The van der Waals surface area contributed by atoms with Crippen LogP contribution in [0, 0.1) is 0 Å². The van der Waals surface area contributed by atoms with Crippen LogP contribution in [0.25, 0.3) is 0 Å². The fourth-order valence-electron chi connectivity index (χ4n) is 2.57. The molecule has 33 heavy (non-hydrogen) atoms. The van der Waals surface area contributed by atoms with Crippen LogP contribution in [-0.4, -0.2) is 87.4 Å². The van der Waals surface area contributed by atoms with Crippen molar-refractivity contribution >= 4 is 48.3 Å². The molecule has 0 aromatic rings. The van der Waals surface area contributed by atoms with Crippen LogP contribution in [0.15, 0.2) is 0 Å². The molecule has 4 atom stereocenters. The Morgan fingerprint density at radius 2 is 1.30 bits per heavy atom. The van der Waals surface area contributed by atoms with Crippen molar-refractivity contribution in [1.82, 2.24) is 16.0 Å². The summed E-state index contributed by atoms with van der Waals surface area (Å²) >= 11 is 3.99. The summed E-state index contributed by atoms with van der Waals surface area (Å²) in [6.45, 7) is 0.436. The van der Waals surface area contributed by atoms with E-state index < -0.39 is 79.1 Å². The molecule has 4 unspecified atom stereocenters. The van der Waals surface area contributed by atoms with Gasteiger partial charge in [0.2, 0.25) is 17.7 Å². The Kier molecular flexibility index (Phi) is 14.4. The third kappa shape index (κ3) is 12.6. The molecule has 3 amide bonds. The molecule has 0 bridgehead atoms. The molecule has 15 heteroatoms. The molecule has 0 aliphatic heterocycles. The van der Waals surface area contributed by atoms with Crippen LogP contribution >= 0.6 is 12.6 Å². The summed E-state index contributed by atoms with van der Waals surface area (Å²) in [5, 5.41) is 33.3. The van der Waals surface area contributed by atoms with Gasteiger partial charge in [0.25, 0.3) is 0 Å². The second-order valence-corrected chi connectivity index (χ2v) is 7.49. The van der Waals surface area contributed by atoms with Crippen LogP contribution in [0.2, 0.25) is 0 Å². The highest BCUT2D eigenvalue weighted by Crippen LogP contribution is 2.04. The van der Waals surface area contributed by atoms with Crippen molar-refractivity contribution in [3.05, 3.63) is 0 Å². The molecule has 0 fully saturated rings. The molecular weight excluding hydrogens is 462 g/mol. The molecule has 0 aromatic carbocycles. The van der Waals surface area contributed by atoms with Gasteiger partial charge >= 0.3 is 17.9 Å². The highest BCUT2D eigenvalue weighted by atomic mass is 32.1. The van der Waals surface area contributed by atoms with Crippen LogP contribution in [0.5, 0.6) is 0 Å². The van der Waals surface area contributed by atoms with E-state index in [-0.39, 0.29) is 5.75 Å². The van der Waals surface area contributed by atoms with Gasteiger partial charge in [-0.15, -0.1) is 0 Å². The lowest BCUT2D eigenvalue weighted by Crippen LogP contribution is -2.57. The van der Waals surface area contributed by atoms with E-state index >= 15 is 0 Å². The number of nitrogens with two attached hydrogens (primary N) is 2. The zero-order valence-corrected chi connectivity index (χ0v) is 18.8. The number of amides is 3. The van der Waals surface area contributed by atoms with Crippen molar-refractivity contribution in [2.75, 3.05) is 12.3 Å². The lowest BCUT2D eigenvalue weighted by Gasteiger charge is -2.24. The Hall–Kier alpha value is -2.91. The molecule has 14 nitrogen and oxygen atoms in total. The quantitative estimate of drug-likeness (QED) is 0.0741. The van der Waals surface area contributed by atoms with Crippen LogP contribution in [0.4, 0.5) is 0 Å². The van der Waals surface area contributed by atoms with Crippen molar-refractivity contribution in [1.29, 1.82) is 0 Å². The van der Waals surface area contributed by atoms with Crippen molar-refractivity contribution in [3.63, 3.8) is 0 Å². The molecule has 0 aliphatic carbocycles. The first kappa shape index (κ1) is 30.1. The van der Waals surface area contributed by atoms with Crippen LogP contribution in [0.3, 0.4) is 0 Å². The SMILES string of the molecule is NCCCCC(N)C(=O)NC(CS)C(=O)NC(CCC(=O)O)C(=O)NC(CC(=O)O)C(=O)O. The highest BCUT2D eigenvalue weighted by Gasteiger charge is 2.31. The summed E-state index contributed by atoms with van der Waals surface area (Å²) in [7, 11) is 0. The topological polar surface area (TPSA) is 251 Å².